The van der Waals surface area contributed by atoms with E-state index in [1.807, 2.05) is 36.4 Å². The van der Waals surface area contributed by atoms with Crippen LogP contribution >= 0.6 is 0 Å². The number of benzene rings is 3. The van der Waals surface area contributed by atoms with Gasteiger partial charge in [-0.2, -0.15) is 4.31 Å². The second kappa shape index (κ2) is 13.5. The number of sulfonamides is 1. The fourth-order valence-electron chi connectivity index (χ4n) is 5.69. The van der Waals surface area contributed by atoms with Crippen LogP contribution in [-0.4, -0.2) is 23.7 Å². The number of aromatic nitrogens is 1. The number of rotatable bonds is 11. The van der Waals surface area contributed by atoms with Crippen LogP contribution in [0.3, 0.4) is 0 Å². The number of nitrogens with one attached hydrogen (secondary N) is 1. The first-order chi connectivity index (χ1) is 21.0. The van der Waals surface area contributed by atoms with E-state index in [9.17, 15) is 8.42 Å². The molecule has 1 fully saturated rings. The summed E-state index contributed by atoms with van der Waals surface area (Å²) in [5.74, 6) is 0.696. The summed E-state index contributed by atoms with van der Waals surface area (Å²) in [7, 11) is -3.79. The van der Waals surface area contributed by atoms with Gasteiger partial charge in [0.2, 0.25) is 10.0 Å². The molecule has 0 spiro atoms. The molecule has 2 heterocycles. The van der Waals surface area contributed by atoms with E-state index < -0.39 is 10.0 Å². The average Bonchev–Trinajstić information content (AvgIpc) is 3.61. The Morgan fingerprint density at radius 3 is 2.00 bits per heavy atom. The van der Waals surface area contributed by atoms with Gasteiger partial charge < -0.3 is 9.73 Å². The van der Waals surface area contributed by atoms with Gasteiger partial charge in [0.05, 0.1) is 11.2 Å². The topological polar surface area (TPSA) is 75.4 Å². The zero-order valence-corrected chi connectivity index (χ0v) is 25.0. The minimum atomic E-state index is -3.79. The summed E-state index contributed by atoms with van der Waals surface area (Å²) in [6, 6.07) is 31.7. The monoisotopic (exact) mass is 591 g/mol. The Balaban J connectivity index is 1.16. The zero-order valence-electron chi connectivity index (χ0n) is 24.2. The third kappa shape index (κ3) is 7.31. The largest absolute Gasteiger partial charge is 0.464 e. The molecule has 43 heavy (non-hydrogen) atoms. The number of furan rings is 1. The highest BCUT2D eigenvalue weighted by atomic mass is 32.2. The van der Waals surface area contributed by atoms with E-state index in [1.165, 1.54) is 42.0 Å². The third-order valence-electron chi connectivity index (χ3n) is 8.18. The Hall–Kier alpha value is -4.04. The predicted octanol–water partition coefficient (Wildman–Crippen LogP) is 7.82. The lowest BCUT2D eigenvalue weighted by molar-refractivity contribution is 0.372. The molecule has 5 aromatic rings. The van der Waals surface area contributed by atoms with Crippen LogP contribution in [-0.2, 0) is 29.7 Å². The van der Waals surface area contributed by atoms with Crippen LogP contribution in [0.5, 0.6) is 0 Å². The van der Waals surface area contributed by atoms with Gasteiger partial charge in [0.25, 0.3) is 0 Å². The first-order valence-electron chi connectivity index (χ1n) is 15.0. The number of pyridine rings is 1. The van der Waals surface area contributed by atoms with Gasteiger partial charge in [0.1, 0.15) is 5.76 Å². The van der Waals surface area contributed by atoms with Crippen molar-refractivity contribution >= 4 is 10.0 Å². The molecule has 1 aliphatic carbocycles. The van der Waals surface area contributed by atoms with E-state index >= 15 is 0 Å². The van der Waals surface area contributed by atoms with Crippen molar-refractivity contribution in [2.75, 3.05) is 0 Å². The molecule has 3 aromatic carbocycles. The van der Waals surface area contributed by atoms with Gasteiger partial charge in [0.15, 0.2) is 0 Å². The van der Waals surface area contributed by atoms with Gasteiger partial charge in [-0.05, 0) is 83.1 Å². The molecule has 2 aromatic heterocycles. The predicted molar refractivity (Wildman–Crippen MR) is 170 cm³/mol. The highest BCUT2D eigenvalue weighted by Crippen LogP contribution is 2.27. The minimum Gasteiger partial charge on any atom is -0.464 e. The van der Waals surface area contributed by atoms with Crippen molar-refractivity contribution in [2.24, 2.45) is 0 Å². The highest BCUT2D eigenvalue weighted by molar-refractivity contribution is 7.89. The van der Waals surface area contributed by atoms with Crippen molar-refractivity contribution in [3.8, 4) is 22.5 Å². The van der Waals surface area contributed by atoms with E-state index in [1.54, 1.807) is 42.9 Å². The second-order valence-corrected chi connectivity index (χ2v) is 13.2. The normalized spacial score (nSPS) is 14.3. The quantitative estimate of drug-likeness (QED) is 0.169. The van der Waals surface area contributed by atoms with Crippen LogP contribution in [0.4, 0.5) is 0 Å². The van der Waals surface area contributed by atoms with Gasteiger partial charge in [-0.15, -0.1) is 0 Å². The van der Waals surface area contributed by atoms with Crippen LogP contribution in [0.25, 0.3) is 22.5 Å². The molecular formula is C36H37N3O3S. The SMILES string of the molecule is O=S(=O)(c1ccc(-c2ccco2)cc1)N(Cc1ccc(-c2ccc(CNC3CCCCC3)cc2)cc1)Cc1cccnc1. The van der Waals surface area contributed by atoms with Gasteiger partial charge in [-0.25, -0.2) is 8.42 Å². The van der Waals surface area contributed by atoms with E-state index in [-0.39, 0.29) is 18.0 Å². The maximum absolute atomic E-state index is 13.9. The van der Waals surface area contributed by atoms with Crippen LogP contribution < -0.4 is 5.32 Å². The summed E-state index contributed by atoms with van der Waals surface area (Å²) in [4.78, 5) is 4.43. The lowest BCUT2D eigenvalue weighted by Crippen LogP contribution is -2.30. The smallest absolute Gasteiger partial charge is 0.243 e. The van der Waals surface area contributed by atoms with Gasteiger partial charge in [-0.1, -0.05) is 73.9 Å². The number of hydrogen-bond donors (Lipinski definition) is 1. The van der Waals surface area contributed by atoms with Crippen LogP contribution in [0, 0.1) is 0 Å². The maximum Gasteiger partial charge on any atom is 0.243 e. The summed E-state index contributed by atoms with van der Waals surface area (Å²) < 4.78 is 34.8. The summed E-state index contributed by atoms with van der Waals surface area (Å²) in [6.45, 7) is 1.36. The van der Waals surface area contributed by atoms with Crippen molar-refractivity contribution in [3.63, 3.8) is 0 Å². The molecule has 0 unspecified atom stereocenters. The van der Waals surface area contributed by atoms with Crippen molar-refractivity contribution in [2.45, 2.75) is 62.7 Å². The second-order valence-electron chi connectivity index (χ2n) is 11.2. The number of hydrogen-bond acceptors (Lipinski definition) is 5. The first-order valence-corrected chi connectivity index (χ1v) is 16.4. The molecule has 1 saturated carbocycles. The molecule has 1 aliphatic rings. The van der Waals surface area contributed by atoms with Gasteiger partial charge in [0, 0.05) is 43.6 Å². The van der Waals surface area contributed by atoms with Crippen LogP contribution in [0.2, 0.25) is 0 Å². The van der Waals surface area contributed by atoms with E-state index in [0.717, 1.165) is 34.4 Å². The van der Waals surface area contributed by atoms with Crippen LogP contribution in [0.1, 0.15) is 48.8 Å². The lowest BCUT2D eigenvalue weighted by atomic mass is 9.95. The van der Waals surface area contributed by atoms with Crippen molar-refractivity contribution in [1.82, 2.24) is 14.6 Å². The molecular weight excluding hydrogens is 554 g/mol. The highest BCUT2D eigenvalue weighted by Gasteiger charge is 2.25. The van der Waals surface area contributed by atoms with E-state index in [2.05, 4.69) is 46.7 Å². The average molecular weight is 592 g/mol. The first kappa shape index (κ1) is 29.1. The lowest BCUT2D eigenvalue weighted by Gasteiger charge is -2.23. The molecule has 0 radical (unpaired) electrons. The Morgan fingerprint density at radius 2 is 1.37 bits per heavy atom. The standard InChI is InChI=1S/C36H37N3O3S/c40-43(41,35-20-18-33(19-21-35)36-9-5-23-42-36)39(27-30-6-4-22-37-24-30)26-29-12-16-32(17-13-29)31-14-10-28(11-15-31)25-38-34-7-2-1-3-8-34/h4-6,9-24,34,38H,1-3,7-8,25-27H2. The molecule has 1 N–H and O–H groups in total. The summed E-state index contributed by atoms with van der Waals surface area (Å²) in [5.41, 5.74) is 6.10. The summed E-state index contributed by atoms with van der Waals surface area (Å²) in [5, 5.41) is 3.71. The molecule has 0 saturated heterocycles. The summed E-state index contributed by atoms with van der Waals surface area (Å²) in [6.07, 6.45) is 11.6. The fourth-order valence-corrected chi connectivity index (χ4v) is 7.11. The Labute approximate surface area is 254 Å². The van der Waals surface area contributed by atoms with Crippen molar-refractivity contribution in [3.05, 3.63) is 132 Å². The minimum absolute atomic E-state index is 0.216. The third-order valence-corrected chi connectivity index (χ3v) is 9.99. The number of nitrogens with zero attached hydrogens (tertiary/aromatic N) is 2. The van der Waals surface area contributed by atoms with E-state index in [0.29, 0.717) is 11.8 Å². The Kier molecular flexibility index (Phi) is 9.13. The fraction of sp³-hybridized carbons (Fsp3) is 0.250. The molecule has 0 atom stereocenters. The Bertz CT molecular complexity index is 1680. The molecule has 0 bridgehead atoms. The van der Waals surface area contributed by atoms with Gasteiger partial charge in [-0.3, -0.25) is 4.98 Å². The molecule has 6 nitrogen and oxygen atoms in total. The molecule has 0 aliphatic heterocycles. The maximum atomic E-state index is 13.9. The van der Waals surface area contributed by atoms with E-state index in [4.69, 9.17) is 4.42 Å². The summed E-state index contributed by atoms with van der Waals surface area (Å²) >= 11 is 0. The van der Waals surface area contributed by atoms with Crippen molar-refractivity contribution < 1.29 is 12.8 Å². The molecule has 7 heteroatoms. The molecule has 0 amide bonds. The molecule has 220 valence electrons. The van der Waals surface area contributed by atoms with Gasteiger partial charge >= 0.3 is 0 Å². The Morgan fingerprint density at radius 1 is 0.721 bits per heavy atom. The van der Waals surface area contributed by atoms with Crippen molar-refractivity contribution in [1.29, 1.82) is 0 Å². The zero-order chi connectivity index (χ0) is 29.5. The molecule has 6 rings (SSSR count). The van der Waals surface area contributed by atoms with Crippen LogP contribution in [0.15, 0.2) is 125 Å².